The van der Waals surface area contributed by atoms with Crippen LogP contribution in [-0.2, 0) is 6.54 Å². The van der Waals surface area contributed by atoms with Crippen LogP contribution in [0.25, 0.3) is 0 Å². The van der Waals surface area contributed by atoms with Crippen molar-refractivity contribution in [3.63, 3.8) is 0 Å². The summed E-state index contributed by atoms with van der Waals surface area (Å²) in [6.45, 7) is 6.44. The van der Waals surface area contributed by atoms with Crippen LogP contribution in [0.4, 0.5) is 0 Å². The minimum absolute atomic E-state index is 0.692. The first-order valence-electron chi connectivity index (χ1n) is 6.35. The van der Waals surface area contributed by atoms with Crippen molar-refractivity contribution in [3.8, 4) is 0 Å². The normalized spacial score (nSPS) is 11.2. The Morgan fingerprint density at radius 3 is 2.79 bits per heavy atom. The number of hydrogen-bond acceptors (Lipinski definition) is 3. The molecule has 1 aromatic carbocycles. The molecule has 0 spiro atoms. The summed E-state index contributed by atoms with van der Waals surface area (Å²) in [4.78, 5) is 1.27. The molecule has 2 aromatic rings. The number of hydrogen-bond donors (Lipinski definition) is 1. The molecule has 1 aromatic heterocycles. The van der Waals surface area contributed by atoms with Gasteiger partial charge in [-0.2, -0.15) is 0 Å². The van der Waals surface area contributed by atoms with Crippen LogP contribution in [0.5, 0.6) is 0 Å². The first-order chi connectivity index (χ1) is 9.15. The zero-order valence-corrected chi connectivity index (χ0v) is 14.4. The monoisotopic (exact) mass is 355 g/mol. The molecule has 0 fully saturated rings. The Balaban J connectivity index is 1.97. The molecule has 19 heavy (non-hydrogen) atoms. The van der Waals surface area contributed by atoms with Gasteiger partial charge in [0.25, 0.3) is 0 Å². The Morgan fingerprint density at radius 1 is 1.32 bits per heavy atom. The van der Waals surface area contributed by atoms with Crippen LogP contribution in [-0.4, -0.2) is 6.54 Å². The summed E-state index contributed by atoms with van der Waals surface area (Å²) >= 11 is 7.26. The maximum absolute atomic E-state index is 3.67. The van der Waals surface area contributed by atoms with E-state index in [4.69, 9.17) is 0 Å². The maximum atomic E-state index is 3.67. The molecular formula is C15H18BrNS2. The highest BCUT2D eigenvalue weighted by Crippen LogP contribution is 2.36. The average Bonchev–Trinajstić information content (AvgIpc) is 2.85. The summed E-state index contributed by atoms with van der Waals surface area (Å²) in [6.07, 6.45) is 0. The Kier molecular flexibility index (Phi) is 5.95. The fraction of sp³-hybridized carbons (Fsp3) is 0.333. The molecule has 2 rings (SSSR count). The van der Waals surface area contributed by atoms with Crippen LogP contribution in [0.3, 0.4) is 0 Å². The van der Waals surface area contributed by atoms with Gasteiger partial charge in [-0.05, 0) is 57.5 Å². The van der Waals surface area contributed by atoms with E-state index in [1.807, 2.05) is 11.8 Å². The van der Waals surface area contributed by atoms with Gasteiger partial charge >= 0.3 is 0 Å². The van der Waals surface area contributed by atoms with Gasteiger partial charge in [0, 0.05) is 15.9 Å². The van der Waals surface area contributed by atoms with Crippen molar-refractivity contribution in [2.45, 2.75) is 29.5 Å². The van der Waals surface area contributed by atoms with Crippen LogP contribution in [0.2, 0.25) is 0 Å². The highest BCUT2D eigenvalue weighted by atomic mass is 79.9. The molecule has 0 atom stereocenters. The van der Waals surface area contributed by atoms with Crippen LogP contribution < -0.4 is 5.32 Å². The number of rotatable bonds is 6. The zero-order chi connectivity index (χ0) is 13.7. The number of halogens is 1. The summed E-state index contributed by atoms with van der Waals surface area (Å²) in [7, 11) is 0. The third-order valence-electron chi connectivity index (χ3n) is 2.58. The molecule has 0 bridgehead atoms. The number of nitrogens with one attached hydrogen (secondary N) is 1. The minimum Gasteiger partial charge on any atom is -0.312 e. The van der Waals surface area contributed by atoms with Gasteiger partial charge < -0.3 is 5.32 Å². The van der Waals surface area contributed by atoms with E-state index in [1.165, 1.54) is 19.1 Å². The maximum Gasteiger partial charge on any atom is 0.0646 e. The summed E-state index contributed by atoms with van der Waals surface area (Å²) in [5.41, 5.74) is 1.32. The molecule has 102 valence electrons. The van der Waals surface area contributed by atoms with E-state index in [1.54, 1.807) is 11.3 Å². The second-order valence-electron chi connectivity index (χ2n) is 4.82. The van der Waals surface area contributed by atoms with E-state index in [9.17, 15) is 0 Å². The van der Waals surface area contributed by atoms with Gasteiger partial charge in [-0.25, -0.2) is 0 Å². The van der Waals surface area contributed by atoms with Gasteiger partial charge in [-0.1, -0.05) is 37.7 Å². The lowest BCUT2D eigenvalue weighted by atomic mass is 10.2. The van der Waals surface area contributed by atoms with Crippen LogP contribution >= 0.6 is 39.0 Å². The Bertz CT molecular complexity index is 509. The number of thiophene rings is 1. The third-order valence-corrected chi connectivity index (χ3v) is 5.62. The standard InChI is InChI=1S/C15H18BrNS2/c1-11(2)9-17-10-12-5-6-14(13(16)8-12)19-15-4-3-7-18-15/h3-8,11,17H,9-10H2,1-2H3. The zero-order valence-electron chi connectivity index (χ0n) is 11.2. The molecule has 0 aliphatic carbocycles. The Hall–Kier alpha value is -0.290. The summed E-state index contributed by atoms with van der Waals surface area (Å²) < 4.78 is 2.50. The molecule has 1 nitrogen and oxygen atoms in total. The van der Waals surface area contributed by atoms with Crippen LogP contribution in [0.15, 0.2) is 49.3 Å². The van der Waals surface area contributed by atoms with E-state index < -0.39 is 0 Å². The van der Waals surface area contributed by atoms with Crippen molar-refractivity contribution in [1.29, 1.82) is 0 Å². The lowest BCUT2D eigenvalue weighted by Crippen LogP contribution is -2.18. The van der Waals surface area contributed by atoms with Crippen LogP contribution in [0.1, 0.15) is 19.4 Å². The van der Waals surface area contributed by atoms with Crippen molar-refractivity contribution in [1.82, 2.24) is 5.32 Å². The molecule has 4 heteroatoms. The largest absolute Gasteiger partial charge is 0.312 e. The van der Waals surface area contributed by atoms with E-state index >= 15 is 0 Å². The van der Waals surface area contributed by atoms with Crippen molar-refractivity contribution in [3.05, 3.63) is 45.7 Å². The SMILES string of the molecule is CC(C)CNCc1ccc(Sc2cccs2)c(Br)c1. The van der Waals surface area contributed by atoms with Crippen molar-refractivity contribution < 1.29 is 0 Å². The van der Waals surface area contributed by atoms with E-state index in [0.717, 1.165) is 13.1 Å². The molecule has 0 saturated carbocycles. The Labute approximate surface area is 131 Å². The van der Waals surface area contributed by atoms with Crippen LogP contribution in [0, 0.1) is 5.92 Å². The van der Waals surface area contributed by atoms with E-state index in [-0.39, 0.29) is 0 Å². The Morgan fingerprint density at radius 2 is 2.16 bits per heavy atom. The van der Waals surface area contributed by atoms with Crippen molar-refractivity contribution >= 4 is 39.0 Å². The molecule has 0 aliphatic heterocycles. The topological polar surface area (TPSA) is 12.0 Å². The first kappa shape index (κ1) is 15.1. The molecule has 0 aliphatic rings. The predicted octanol–water partition coefficient (Wildman–Crippen LogP) is 5.41. The fourth-order valence-electron chi connectivity index (χ4n) is 1.67. The van der Waals surface area contributed by atoms with Crippen molar-refractivity contribution in [2.75, 3.05) is 6.54 Å². The summed E-state index contributed by atoms with van der Waals surface area (Å²) in [6, 6.07) is 10.9. The molecule has 0 amide bonds. The number of benzene rings is 1. The van der Waals surface area contributed by atoms with Gasteiger partial charge in [0.2, 0.25) is 0 Å². The smallest absolute Gasteiger partial charge is 0.0646 e. The molecule has 0 radical (unpaired) electrons. The van der Waals surface area contributed by atoms with E-state index in [2.05, 4.69) is 70.8 Å². The first-order valence-corrected chi connectivity index (χ1v) is 8.84. The predicted molar refractivity (Wildman–Crippen MR) is 89.1 cm³/mol. The highest BCUT2D eigenvalue weighted by molar-refractivity contribution is 9.10. The highest BCUT2D eigenvalue weighted by Gasteiger charge is 2.04. The molecular weight excluding hydrogens is 338 g/mol. The average molecular weight is 356 g/mol. The van der Waals surface area contributed by atoms with Gasteiger partial charge in [0.1, 0.15) is 0 Å². The van der Waals surface area contributed by atoms with Gasteiger partial charge in [-0.15, -0.1) is 11.3 Å². The third kappa shape index (κ3) is 4.95. The molecule has 1 heterocycles. The summed E-state index contributed by atoms with van der Waals surface area (Å²) in [5, 5.41) is 5.58. The van der Waals surface area contributed by atoms with Gasteiger partial charge in [0.05, 0.1) is 4.21 Å². The lowest BCUT2D eigenvalue weighted by molar-refractivity contribution is 0.552. The molecule has 0 saturated heterocycles. The molecule has 1 N–H and O–H groups in total. The van der Waals surface area contributed by atoms with Crippen molar-refractivity contribution in [2.24, 2.45) is 5.92 Å². The van der Waals surface area contributed by atoms with Gasteiger partial charge in [0.15, 0.2) is 0 Å². The fourth-order valence-corrected chi connectivity index (χ4v) is 4.07. The van der Waals surface area contributed by atoms with Gasteiger partial charge in [-0.3, -0.25) is 0 Å². The second-order valence-corrected chi connectivity index (χ2v) is 7.97. The lowest BCUT2D eigenvalue weighted by Gasteiger charge is -2.09. The quantitative estimate of drug-likeness (QED) is 0.743. The summed E-state index contributed by atoms with van der Waals surface area (Å²) in [5.74, 6) is 0.692. The molecule has 0 unspecified atom stereocenters. The second kappa shape index (κ2) is 7.48. The minimum atomic E-state index is 0.692. The van der Waals surface area contributed by atoms with E-state index in [0.29, 0.717) is 5.92 Å².